The van der Waals surface area contributed by atoms with Gasteiger partial charge in [-0.25, -0.2) is 9.97 Å². The van der Waals surface area contributed by atoms with Crippen LogP contribution in [0.25, 0.3) is 11.3 Å². The second kappa shape index (κ2) is 4.90. The lowest BCUT2D eigenvalue weighted by Gasteiger charge is -2.10. The topological polar surface area (TPSA) is 61.8 Å². The molecular weight excluding hydrogens is 202 g/mol. The van der Waals surface area contributed by atoms with E-state index in [1.807, 2.05) is 31.5 Å². The van der Waals surface area contributed by atoms with Gasteiger partial charge in [0.25, 0.3) is 0 Å². The molecule has 0 amide bonds. The van der Waals surface area contributed by atoms with E-state index in [1.54, 1.807) is 6.20 Å². The van der Waals surface area contributed by atoms with Gasteiger partial charge < -0.3 is 10.1 Å². The van der Waals surface area contributed by atoms with Gasteiger partial charge in [0.05, 0.1) is 12.3 Å². The molecule has 2 N–H and O–H groups in total. The molecule has 1 unspecified atom stereocenters. The average Bonchev–Trinajstić information content (AvgIpc) is 2.85. The third kappa shape index (κ3) is 2.12. The lowest BCUT2D eigenvalue weighted by Crippen LogP contribution is -2.07. The molecule has 0 aliphatic rings. The van der Waals surface area contributed by atoms with Crippen molar-refractivity contribution >= 4 is 0 Å². The molecule has 0 saturated carbocycles. The summed E-state index contributed by atoms with van der Waals surface area (Å²) < 4.78 is 0. The number of aromatic amines is 1. The first-order valence-electron chi connectivity index (χ1n) is 5.42. The fraction of sp³-hybridized carbons (Fsp3) is 0.333. The standard InChI is InChI=1S/C12H15N3O/c1-2-9(8-16)12-14-6-4-11(15-12)10-3-5-13-7-10/h3-7,9,13,16H,2,8H2,1H3. The van der Waals surface area contributed by atoms with E-state index in [9.17, 15) is 5.11 Å². The highest BCUT2D eigenvalue weighted by molar-refractivity contribution is 5.57. The Labute approximate surface area is 94.4 Å². The maximum absolute atomic E-state index is 9.21. The van der Waals surface area contributed by atoms with E-state index in [0.717, 1.165) is 17.7 Å². The van der Waals surface area contributed by atoms with Crippen LogP contribution in [0.1, 0.15) is 25.1 Å². The number of H-pyrrole nitrogens is 1. The Kier molecular flexibility index (Phi) is 3.31. The normalized spacial score (nSPS) is 12.6. The Hall–Kier alpha value is -1.68. The van der Waals surface area contributed by atoms with Gasteiger partial charge in [0.15, 0.2) is 0 Å². The van der Waals surface area contributed by atoms with E-state index in [-0.39, 0.29) is 12.5 Å². The summed E-state index contributed by atoms with van der Waals surface area (Å²) in [6.45, 7) is 2.11. The number of rotatable bonds is 4. The summed E-state index contributed by atoms with van der Waals surface area (Å²) in [6.07, 6.45) is 6.34. The summed E-state index contributed by atoms with van der Waals surface area (Å²) in [5.41, 5.74) is 1.93. The second-order valence-corrected chi connectivity index (χ2v) is 3.69. The average molecular weight is 217 g/mol. The van der Waals surface area contributed by atoms with Crippen molar-refractivity contribution in [2.24, 2.45) is 0 Å². The van der Waals surface area contributed by atoms with Crippen LogP contribution in [-0.2, 0) is 0 Å². The summed E-state index contributed by atoms with van der Waals surface area (Å²) in [5.74, 6) is 0.739. The fourth-order valence-electron chi connectivity index (χ4n) is 1.61. The van der Waals surface area contributed by atoms with Crippen molar-refractivity contribution in [2.45, 2.75) is 19.3 Å². The van der Waals surface area contributed by atoms with Crippen molar-refractivity contribution in [3.63, 3.8) is 0 Å². The summed E-state index contributed by atoms with van der Waals surface area (Å²) in [5, 5.41) is 9.21. The van der Waals surface area contributed by atoms with Crippen LogP contribution in [-0.4, -0.2) is 26.7 Å². The Balaban J connectivity index is 2.33. The molecule has 0 spiro atoms. The van der Waals surface area contributed by atoms with Crippen LogP contribution in [0.3, 0.4) is 0 Å². The van der Waals surface area contributed by atoms with E-state index in [0.29, 0.717) is 5.82 Å². The van der Waals surface area contributed by atoms with Gasteiger partial charge in [0.1, 0.15) is 5.82 Å². The molecule has 0 aliphatic heterocycles. The van der Waals surface area contributed by atoms with E-state index in [1.165, 1.54) is 0 Å². The Bertz CT molecular complexity index is 435. The molecule has 16 heavy (non-hydrogen) atoms. The van der Waals surface area contributed by atoms with Crippen molar-refractivity contribution in [3.05, 3.63) is 36.5 Å². The molecule has 0 aliphatic carbocycles. The first-order chi connectivity index (χ1) is 7.85. The molecule has 4 nitrogen and oxygen atoms in total. The number of hydrogen-bond donors (Lipinski definition) is 2. The Morgan fingerprint density at radius 2 is 2.31 bits per heavy atom. The van der Waals surface area contributed by atoms with Gasteiger partial charge in [-0.3, -0.25) is 0 Å². The maximum atomic E-state index is 9.21. The molecule has 84 valence electrons. The number of nitrogens with zero attached hydrogens (tertiary/aromatic N) is 2. The van der Waals surface area contributed by atoms with Crippen LogP contribution in [0.5, 0.6) is 0 Å². The summed E-state index contributed by atoms with van der Waals surface area (Å²) in [4.78, 5) is 11.7. The Morgan fingerprint density at radius 3 is 2.94 bits per heavy atom. The molecule has 4 heteroatoms. The lowest BCUT2D eigenvalue weighted by atomic mass is 10.1. The van der Waals surface area contributed by atoms with Crippen molar-refractivity contribution in [1.29, 1.82) is 0 Å². The van der Waals surface area contributed by atoms with Gasteiger partial charge >= 0.3 is 0 Å². The zero-order valence-electron chi connectivity index (χ0n) is 9.22. The number of hydrogen-bond acceptors (Lipinski definition) is 3. The molecule has 0 saturated heterocycles. The molecule has 2 aromatic heterocycles. The highest BCUT2D eigenvalue weighted by Gasteiger charge is 2.12. The predicted molar refractivity (Wildman–Crippen MR) is 61.9 cm³/mol. The van der Waals surface area contributed by atoms with Crippen LogP contribution >= 0.6 is 0 Å². The van der Waals surface area contributed by atoms with Crippen molar-refractivity contribution < 1.29 is 5.11 Å². The first kappa shape index (κ1) is 10.8. The molecule has 1 atom stereocenters. The minimum absolute atomic E-state index is 0.0268. The highest BCUT2D eigenvalue weighted by atomic mass is 16.3. The summed E-state index contributed by atoms with van der Waals surface area (Å²) >= 11 is 0. The molecule has 2 aromatic rings. The van der Waals surface area contributed by atoms with Gasteiger partial charge in [-0.15, -0.1) is 0 Å². The summed E-state index contributed by atoms with van der Waals surface area (Å²) in [6, 6.07) is 3.84. The maximum Gasteiger partial charge on any atom is 0.134 e. The van der Waals surface area contributed by atoms with Crippen molar-refractivity contribution in [2.75, 3.05) is 6.61 Å². The zero-order chi connectivity index (χ0) is 11.4. The van der Waals surface area contributed by atoms with Crippen LogP contribution in [0.2, 0.25) is 0 Å². The molecule has 2 rings (SSSR count). The second-order valence-electron chi connectivity index (χ2n) is 3.69. The number of aromatic nitrogens is 3. The monoisotopic (exact) mass is 217 g/mol. The molecule has 2 heterocycles. The molecule has 0 radical (unpaired) electrons. The third-order valence-corrected chi connectivity index (χ3v) is 2.65. The first-order valence-corrected chi connectivity index (χ1v) is 5.42. The van der Waals surface area contributed by atoms with Gasteiger partial charge in [-0.05, 0) is 18.6 Å². The quantitative estimate of drug-likeness (QED) is 0.822. The third-order valence-electron chi connectivity index (χ3n) is 2.65. The van der Waals surface area contributed by atoms with Crippen LogP contribution in [0.15, 0.2) is 30.7 Å². The molecule has 0 fully saturated rings. The lowest BCUT2D eigenvalue weighted by molar-refractivity contribution is 0.257. The van der Waals surface area contributed by atoms with E-state index in [4.69, 9.17) is 0 Å². The van der Waals surface area contributed by atoms with Crippen LogP contribution in [0, 0.1) is 0 Å². The number of aliphatic hydroxyl groups is 1. The minimum Gasteiger partial charge on any atom is -0.396 e. The van der Waals surface area contributed by atoms with Crippen LogP contribution in [0.4, 0.5) is 0 Å². The van der Waals surface area contributed by atoms with Crippen molar-refractivity contribution in [1.82, 2.24) is 15.0 Å². The van der Waals surface area contributed by atoms with E-state index < -0.39 is 0 Å². The van der Waals surface area contributed by atoms with Gasteiger partial charge in [0.2, 0.25) is 0 Å². The zero-order valence-corrected chi connectivity index (χ0v) is 9.22. The number of aliphatic hydroxyl groups excluding tert-OH is 1. The largest absolute Gasteiger partial charge is 0.396 e. The van der Waals surface area contributed by atoms with E-state index >= 15 is 0 Å². The summed E-state index contributed by atoms with van der Waals surface area (Å²) in [7, 11) is 0. The molecule has 0 aromatic carbocycles. The smallest absolute Gasteiger partial charge is 0.134 e. The van der Waals surface area contributed by atoms with Gasteiger partial charge in [-0.1, -0.05) is 6.92 Å². The highest BCUT2D eigenvalue weighted by Crippen LogP contribution is 2.19. The van der Waals surface area contributed by atoms with Gasteiger partial charge in [-0.2, -0.15) is 0 Å². The SMILES string of the molecule is CCC(CO)c1nccc(-c2cc[nH]c2)n1. The predicted octanol–water partition coefficient (Wildman–Crippen LogP) is 1.96. The van der Waals surface area contributed by atoms with Crippen molar-refractivity contribution in [3.8, 4) is 11.3 Å². The fourth-order valence-corrected chi connectivity index (χ4v) is 1.61. The van der Waals surface area contributed by atoms with E-state index in [2.05, 4.69) is 15.0 Å². The Morgan fingerprint density at radius 1 is 1.44 bits per heavy atom. The minimum atomic E-state index is 0.0268. The van der Waals surface area contributed by atoms with Gasteiger partial charge in [0, 0.05) is 30.1 Å². The number of nitrogens with one attached hydrogen (secondary N) is 1. The molecule has 0 bridgehead atoms. The molecular formula is C12H15N3O. The van der Waals surface area contributed by atoms with Crippen LogP contribution < -0.4 is 0 Å².